The molecule has 2 N–H and O–H groups in total. The number of hydrogen-bond acceptors (Lipinski definition) is 1. The van der Waals surface area contributed by atoms with Crippen LogP contribution in [0.5, 0.6) is 0 Å². The molecule has 1 atom stereocenters. The molecule has 2 aromatic rings. The van der Waals surface area contributed by atoms with Gasteiger partial charge in [-0.2, -0.15) is 0 Å². The molecule has 3 heteroatoms. The largest absolute Gasteiger partial charge is 0.330 e. The summed E-state index contributed by atoms with van der Waals surface area (Å²) < 4.78 is 0. The first kappa shape index (κ1) is 14.4. The van der Waals surface area contributed by atoms with E-state index < -0.39 is 0 Å². The highest BCUT2D eigenvalue weighted by atomic mass is 35.5. The van der Waals surface area contributed by atoms with Crippen molar-refractivity contribution >= 4 is 23.2 Å². The lowest BCUT2D eigenvalue weighted by molar-refractivity contribution is 0.481. The minimum Gasteiger partial charge on any atom is -0.330 e. The second kappa shape index (κ2) is 5.96. The SMILES string of the molecule is CC(CN)(Cc1ccc(Cl)cc1)c1cccc(Cl)c1. The third-order valence-corrected chi connectivity index (χ3v) is 3.97. The Morgan fingerprint density at radius 1 is 1.00 bits per heavy atom. The van der Waals surface area contributed by atoms with Crippen LogP contribution in [0.2, 0.25) is 10.0 Å². The first-order chi connectivity index (χ1) is 9.03. The van der Waals surface area contributed by atoms with Crippen LogP contribution in [0, 0.1) is 0 Å². The van der Waals surface area contributed by atoms with Crippen molar-refractivity contribution in [2.45, 2.75) is 18.8 Å². The van der Waals surface area contributed by atoms with Gasteiger partial charge in [-0.25, -0.2) is 0 Å². The maximum absolute atomic E-state index is 6.07. The van der Waals surface area contributed by atoms with Crippen molar-refractivity contribution in [1.29, 1.82) is 0 Å². The molecule has 100 valence electrons. The first-order valence-corrected chi connectivity index (χ1v) is 7.00. The van der Waals surface area contributed by atoms with Gasteiger partial charge in [0.25, 0.3) is 0 Å². The van der Waals surface area contributed by atoms with Crippen molar-refractivity contribution in [1.82, 2.24) is 0 Å². The molecule has 0 bridgehead atoms. The fourth-order valence-corrected chi connectivity index (χ4v) is 2.53. The predicted molar refractivity (Wildman–Crippen MR) is 83.0 cm³/mol. The minimum atomic E-state index is -0.126. The van der Waals surface area contributed by atoms with Crippen LogP contribution in [-0.2, 0) is 11.8 Å². The van der Waals surface area contributed by atoms with Crippen LogP contribution in [0.25, 0.3) is 0 Å². The molecule has 0 spiro atoms. The fraction of sp³-hybridized carbons (Fsp3) is 0.250. The standard InChI is InChI=1S/C16H17Cl2N/c1-16(11-19,13-3-2-4-15(18)9-13)10-12-5-7-14(17)8-6-12/h2-9H,10-11,19H2,1H3. The lowest BCUT2D eigenvalue weighted by Gasteiger charge is -2.29. The predicted octanol–water partition coefficient (Wildman–Crippen LogP) is 4.45. The number of halogens is 2. The highest BCUT2D eigenvalue weighted by Crippen LogP contribution is 2.29. The zero-order chi connectivity index (χ0) is 13.9. The van der Waals surface area contributed by atoms with E-state index in [9.17, 15) is 0 Å². The van der Waals surface area contributed by atoms with E-state index in [1.165, 1.54) is 5.56 Å². The van der Waals surface area contributed by atoms with Crippen LogP contribution < -0.4 is 5.73 Å². The Kier molecular flexibility index (Phi) is 4.51. The van der Waals surface area contributed by atoms with Gasteiger partial charge in [0.2, 0.25) is 0 Å². The average molecular weight is 294 g/mol. The Bertz CT molecular complexity index is 551. The monoisotopic (exact) mass is 293 g/mol. The van der Waals surface area contributed by atoms with Crippen LogP contribution >= 0.6 is 23.2 Å². The molecule has 0 saturated carbocycles. The Labute approximate surface area is 124 Å². The summed E-state index contributed by atoms with van der Waals surface area (Å²) in [6.07, 6.45) is 0.862. The number of nitrogens with two attached hydrogens (primary N) is 1. The van der Waals surface area contributed by atoms with Crippen molar-refractivity contribution in [2.75, 3.05) is 6.54 Å². The van der Waals surface area contributed by atoms with Gasteiger partial charge in [-0.05, 0) is 41.8 Å². The summed E-state index contributed by atoms with van der Waals surface area (Å²) in [5.74, 6) is 0. The molecule has 0 radical (unpaired) electrons. The minimum absolute atomic E-state index is 0.126. The molecule has 2 aromatic carbocycles. The molecule has 2 rings (SSSR count). The van der Waals surface area contributed by atoms with Gasteiger partial charge in [0.15, 0.2) is 0 Å². The topological polar surface area (TPSA) is 26.0 Å². The van der Waals surface area contributed by atoms with Gasteiger partial charge >= 0.3 is 0 Å². The summed E-state index contributed by atoms with van der Waals surface area (Å²) in [5, 5.41) is 1.49. The van der Waals surface area contributed by atoms with E-state index >= 15 is 0 Å². The van der Waals surface area contributed by atoms with E-state index in [4.69, 9.17) is 28.9 Å². The Hall–Kier alpha value is -1.02. The third-order valence-electron chi connectivity index (χ3n) is 3.48. The fourth-order valence-electron chi connectivity index (χ4n) is 2.21. The molecule has 0 saturated heterocycles. The smallest absolute Gasteiger partial charge is 0.0408 e. The van der Waals surface area contributed by atoms with Gasteiger partial charge in [0, 0.05) is 22.0 Å². The molecule has 0 fully saturated rings. The zero-order valence-electron chi connectivity index (χ0n) is 10.9. The molecule has 0 heterocycles. The van der Waals surface area contributed by atoms with E-state index in [0.717, 1.165) is 22.0 Å². The van der Waals surface area contributed by atoms with Crippen molar-refractivity contribution in [3.63, 3.8) is 0 Å². The third kappa shape index (κ3) is 3.50. The molecule has 0 aliphatic heterocycles. The van der Waals surface area contributed by atoms with Crippen LogP contribution in [0.15, 0.2) is 48.5 Å². The van der Waals surface area contributed by atoms with Crippen molar-refractivity contribution in [2.24, 2.45) is 5.73 Å². The highest BCUT2D eigenvalue weighted by molar-refractivity contribution is 6.30. The summed E-state index contributed by atoms with van der Waals surface area (Å²) in [6.45, 7) is 2.73. The second-order valence-corrected chi connectivity index (χ2v) is 5.95. The van der Waals surface area contributed by atoms with Crippen molar-refractivity contribution in [3.8, 4) is 0 Å². The summed E-state index contributed by atoms with van der Waals surface area (Å²) in [6, 6.07) is 15.8. The summed E-state index contributed by atoms with van der Waals surface area (Å²) >= 11 is 12.0. The summed E-state index contributed by atoms with van der Waals surface area (Å²) in [5.41, 5.74) is 8.26. The first-order valence-electron chi connectivity index (χ1n) is 6.24. The molecule has 0 amide bonds. The molecule has 19 heavy (non-hydrogen) atoms. The number of benzene rings is 2. The Morgan fingerprint density at radius 2 is 1.68 bits per heavy atom. The van der Waals surface area contributed by atoms with E-state index in [0.29, 0.717) is 6.54 Å². The zero-order valence-corrected chi connectivity index (χ0v) is 12.4. The van der Waals surface area contributed by atoms with E-state index in [2.05, 4.69) is 13.0 Å². The lowest BCUT2D eigenvalue weighted by atomic mass is 9.77. The van der Waals surface area contributed by atoms with E-state index in [-0.39, 0.29) is 5.41 Å². The lowest BCUT2D eigenvalue weighted by Crippen LogP contribution is -2.34. The van der Waals surface area contributed by atoms with E-state index in [1.807, 2.05) is 42.5 Å². The molecule has 1 nitrogen and oxygen atoms in total. The van der Waals surface area contributed by atoms with Crippen LogP contribution in [0.1, 0.15) is 18.1 Å². The van der Waals surface area contributed by atoms with E-state index in [1.54, 1.807) is 0 Å². The van der Waals surface area contributed by atoms with Crippen LogP contribution in [0.3, 0.4) is 0 Å². The maximum Gasteiger partial charge on any atom is 0.0408 e. The summed E-state index contributed by atoms with van der Waals surface area (Å²) in [4.78, 5) is 0. The molecular weight excluding hydrogens is 277 g/mol. The van der Waals surface area contributed by atoms with Crippen molar-refractivity contribution in [3.05, 3.63) is 69.7 Å². The number of rotatable bonds is 4. The van der Waals surface area contributed by atoms with Gasteiger partial charge in [-0.15, -0.1) is 0 Å². The number of hydrogen-bond donors (Lipinski definition) is 1. The quantitative estimate of drug-likeness (QED) is 0.885. The van der Waals surface area contributed by atoms with Gasteiger partial charge in [0.05, 0.1) is 0 Å². The van der Waals surface area contributed by atoms with Crippen molar-refractivity contribution < 1.29 is 0 Å². The molecular formula is C16H17Cl2N. The molecule has 0 aliphatic rings. The maximum atomic E-state index is 6.07. The molecule has 0 aliphatic carbocycles. The summed E-state index contributed by atoms with van der Waals surface area (Å²) in [7, 11) is 0. The Morgan fingerprint density at radius 3 is 2.26 bits per heavy atom. The van der Waals surface area contributed by atoms with Crippen LogP contribution in [-0.4, -0.2) is 6.54 Å². The molecule has 1 unspecified atom stereocenters. The highest BCUT2D eigenvalue weighted by Gasteiger charge is 2.25. The second-order valence-electron chi connectivity index (χ2n) is 5.08. The van der Waals surface area contributed by atoms with Gasteiger partial charge in [-0.3, -0.25) is 0 Å². The van der Waals surface area contributed by atoms with Gasteiger partial charge in [-0.1, -0.05) is 54.4 Å². The van der Waals surface area contributed by atoms with Crippen LogP contribution in [0.4, 0.5) is 0 Å². The van der Waals surface area contributed by atoms with Gasteiger partial charge in [0.1, 0.15) is 0 Å². The Balaban J connectivity index is 2.30. The normalized spacial score (nSPS) is 14.1. The molecule has 0 aromatic heterocycles. The average Bonchev–Trinajstić information content (AvgIpc) is 2.41. The van der Waals surface area contributed by atoms with Gasteiger partial charge < -0.3 is 5.73 Å².